The number of halogens is 2. The molecule has 0 saturated heterocycles. The number of ether oxygens (including phenoxy) is 2. The van der Waals surface area contributed by atoms with Gasteiger partial charge in [0, 0.05) is 18.2 Å². The van der Waals surface area contributed by atoms with Crippen LogP contribution in [0.4, 0.5) is 5.69 Å². The molecule has 0 aromatic heterocycles. The number of anilines is 1. The van der Waals surface area contributed by atoms with Crippen LogP contribution >= 0.6 is 23.2 Å². The van der Waals surface area contributed by atoms with E-state index in [0.717, 1.165) is 0 Å². The summed E-state index contributed by atoms with van der Waals surface area (Å²) in [6.07, 6.45) is 0. The largest absolute Gasteiger partial charge is 0.497 e. The zero-order valence-corrected chi connectivity index (χ0v) is 14.1. The summed E-state index contributed by atoms with van der Waals surface area (Å²) in [5, 5.41) is 0.124. The minimum atomic E-state index is -3.89. The first-order valence-corrected chi connectivity index (χ1v) is 8.31. The quantitative estimate of drug-likeness (QED) is 0.879. The minimum Gasteiger partial charge on any atom is -0.497 e. The van der Waals surface area contributed by atoms with Crippen LogP contribution in [0.3, 0.4) is 0 Å². The monoisotopic (exact) mass is 361 g/mol. The van der Waals surface area contributed by atoms with Gasteiger partial charge in [-0.05, 0) is 12.1 Å². The first-order chi connectivity index (χ1) is 10.4. The summed E-state index contributed by atoms with van der Waals surface area (Å²) in [5.74, 6) is 0.906. The van der Waals surface area contributed by atoms with E-state index >= 15 is 0 Å². The van der Waals surface area contributed by atoms with Gasteiger partial charge in [0.2, 0.25) is 0 Å². The van der Waals surface area contributed by atoms with Gasteiger partial charge in [0.1, 0.15) is 16.4 Å². The van der Waals surface area contributed by atoms with Crippen molar-refractivity contribution in [2.45, 2.75) is 4.90 Å². The second-order valence-corrected chi connectivity index (χ2v) is 6.69. The predicted molar refractivity (Wildman–Crippen MR) is 86.8 cm³/mol. The molecule has 2 aromatic carbocycles. The zero-order valence-electron chi connectivity index (χ0n) is 11.8. The van der Waals surface area contributed by atoms with Crippen molar-refractivity contribution in [3.63, 3.8) is 0 Å². The highest BCUT2D eigenvalue weighted by atomic mass is 35.5. The van der Waals surface area contributed by atoms with Crippen LogP contribution in [0.1, 0.15) is 0 Å². The number of rotatable bonds is 5. The van der Waals surface area contributed by atoms with E-state index in [-0.39, 0.29) is 20.6 Å². The molecule has 2 aromatic rings. The number of nitrogens with one attached hydrogen (secondary N) is 1. The van der Waals surface area contributed by atoms with Gasteiger partial charge in [-0.15, -0.1) is 0 Å². The summed E-state index contributed by atoms with van der Waals surface area (Å²) in [4.78, 5) is -0.108. The van der Waals surface area contributed by atoms with Crippen LogP contribution < -0.4 is 14.2 Å². The van der Waals surface area contributed by atoms with Crippen LogP contribution in [-0.2, 0) is 10.0 Å². The van der Waals surface area contributed by atoms with E-state index in [4.69, 9.17) is 32.7 Å². The van der Waals surface area contributed by atoms with E-state index in [1.807, 2.05) is 0 Å². The second-order valence-electron chi connectivity index (χ2n) is 4.26. The van der Waals surface area contributed by atoms with E-state index in [2.05, 4.69) is 4.72 Å². The molecule has 0 bridgehead atoms. The lowest BCUT2D eigenvalue weighted by Gasteiger charge is -2.12. The molecule has 8 heteroatoms. The fourth-order valence-electron chi connectivity index (χ4n) is 1.77. The molecule has 0 amide bonds. The lowest BCUT2D eigenvalue weighted by Crippen LogP contribution is -2.13. The van der Waals surface area contributed by atoms with Gasteiger partial charge in [-0.3, -0.25) is 4.72 Å². The Bertz CT molecular complexity index is 771. The van der Waals surface area contributed by atoms with Crippen molar-refractivity contribution in [1.29, 1.82) is 0 Å². The standard InChI is InChI=1S/C14H13Cl2NO4S/c1-20-10-6-9(7-11(8-10)21-2)17-22(18,19)13-5-3-4-12(15)14(13)16/h3-8,17H,1-2H3. The van der Waals surface area contributed by atoms with Crippen LogP contribution in [0.2, 0.25) is 10.0 Å². The molecule has 1 N–H and O–H groups in total. The summed E-state index contributed by atoms with van der Waals surface area (Å²) in [7, 11) is -0.948. The first-order valence-electron chi connectivity index (χ1n) is 6.07. The lowest BCUT2D eigenvalue weighted by atomic mass is 10.3. The molecule has 0 spiro atoms. The molecule has 0 fully saturated rings. The van der Waals surface area contributed by atoms with Gasteiger partial charge in [0.15, 0.2) is 0 Å². The summed E-state index contributed by atoms with van der Waals surface area (Å²) in [5.41, 5.74) is 0.284. The average Bonchev–Trinajstić information content (AvgIpc) is 2.48. The Hall–Kier alpha value is -1.63. The maximum absolute atomic E-state index is 12.4. The number of benzene rings is 2. The fraction of sp³-hybridized carbons (Fsp3) is 0.143. The van der Waals surface area contributed by atoms with Gasteiger partial charge < -0.3 is 9.47 Å². The van der Waals surface area contributed by atoms with Gasteiger partial charge in [-0.2, -0.15) is 0 Å². The molecule has 0 saturated carbocycles. The normalized spacial score (nSPS) is 11.1. The van der Waals surface area contributed by atoms with E-state index in [0.29, 0.717) is 11.5 Å². The number of sulfonamides is 1. The van der Waals surface area contributed by atoms with E-state index in [1.165, 1.54) is 44.6 Å². The molecule has 2 rings (SSSR count). The second kappa shape index (κ2) is 6.64. The molecular formula is C14H13Cl2NO4S. The van der Waals surface area contributed by atoms with Crippen molar-refractivity contribution in [2.24, 2.45) is 0 Å². The van der Waals surface area contributed by atoms with Crippen LogP contribution in [0.25, 0.3) is 0 Å². The third-order valence-corrected chi connectivity index (χ3v) is 5.16. The van der Waals surface area contributed by atoms with Crippen LogP contribution in [0.5, 0.6) is 11.5 Å². The number of methoxy groups -OCH3 is 2. The molecule has 0 aliphatic heterocycles. The smallest absolute Gasteiger partial charge is 0.263 e. The summed E-state index contributed by atoms with van der Waals surface area (Å²) < 4.78 is 37.5. The molecule has 0 aliphatic carbocycles. The minimum absolute atomic E-state index is 0.0356. The highest BCUT2D eigenvalue weighted by molar-refractivity contribution is 7.92. The molecule has 0 aliphatic rings. The van der Waals surface area contributed by atoms with Gasteiger partial charge >= 0.3 is 0 Å². The molecule has 22 heavy (non-hydrogen) atoms. The van der Waals surface area contributed by atoms with Gasteiger partial charge in [-0.25, -0.2) is 8.42 Å². The van der Waals surface area contributed by atoms with Gasteiger partial charge in [0.25, 0.3) is 10.0 Å². The Morgan fingerprint density at radius 2 is 1.59 bits per heavy atom. The highest BCUT2D eigenvalue weighted by Gasteiger charge is 2.20. The Morgan fingerprint density at radius 3 is 2.14 bits per heavy atom. The molecule has 0 heterocycles. The SMILES string of the molecule is COc1cc(NS(=O)(=O)c2cccc(Cl)c2Cl)cc(OC)c1. The molecule has 118 valence electrons. The van der Waals surface area contributed by atoms with E-state index in [1.54, 1.807) is 6.07 Å². The van der Waals surface area contributed by atoms with Crippen LogP contribution in [0, 0.1) is 0 Å². The molecule has 0 atom stereocenters. The Balaban J connectivity index is 2.43. The predicted octanol–water partition coefficient (Wildman–Crippen LogP) is 3.81. The van der Waals surface area contributed by atoms with Crippen molar-refractivity contribution >= 4 is 38.9 Å². The Kier molecular flexibility index (Phi) is 5.05. The topological polar surface area (TPSA) is 64.6 Å². The third kappa shape index (κ3) is 3.58. The summed E-state index contributed by atoms with van der Waals surface area (Å²) in [6.45, 7) is 0. The molecule has 5 nitrogen and oxygen atoms in total. The van der Waals surface area contributed by atoms with Crippen LogP contribution in [0.15, 0.2) is 41.3 Å². The van der Waals surface area contributed by atoms with Crippen molar-refractivity contribution < 1.29 is 17.9 Å². The van der Waals surface area contributed by atoms with Gasteiger partial charge in [0.05, 0.1) is 30.0 Å². The first kappa shape index (κ1) is 16.7. The van der Waals surface area contributed by atoms with Crippen molar-refractivity contribution in [3.05, 3.63) is 46.4 Å². The molecular weight excluding hydrogens is 349 g/mol. The summed E-state index contributed by atoms with van der Waals surface area (Å²) >= 11 is 11.8. The maximum Gasteiger partial charge on any atom is 0.263 e. The lowest BCUT2D eigenvalue weighted by molar-refractivity contribution is 0.395. The Morgan fingerprint density at radius 1 is 1.00 bits per heavy atom. The highest BCUT2D eigenvalue weighted by Crippen LogP contribution is 2.32. The molecule has 0 radical (unpaired) electrons. The average molecular weight is 362 g/mol. The van der Waals surface area contributed by atoms with E-state index in [9.17, 15) is 8.42 Å². The Labute approximate surface area is 138 Å². The maximum atomic E-state index is 12.4. The summed E-state index contributed by atoms with van der Waals surface area (Å²) in [6, 6.07) is 9.07. The van der Waals surface area contributed by atoms with E-state index < -0.39 is 10.0 Å². The van der Waals surface area contributed by atoms with Gasteiger partial charge in [-0.1, -0.05) is 29.3 Å². The third-order valence-electron chi connectivity index (χ3n) is 2.81. The van der Waals surface area contributed by atoms with Crippen LogP contribution in [-0.4, -0.2) is 22.6 Å². The fourth-order valence-corrected chi connectivity index (χ4v) is 3.57. The molecule has 0 unspecified atom stereocenters. The van der Waals surface area contributed by atoms with Crippen molar-refractivity contribution in [3.8, 4) is 11.5 Å². The van der Waals surface area contributed by atoms with Crippen molar-refractivity contribution in [2.75, 3.05) is 18.9 Å². The van der Waals surface area contributed by atoms with Crippen molar-refractivity contribution in [1.82, 2.24) is 0 Å². The zero-order chi connectivity index (χ0) is 16.3. The number of hydrogen-bond donors (Lipinski definition) is 1. The number of hydrogen-bond acceptors (Lipinski definition) is 4.